The normalized spacial score (nSPS) is 11.2. The average Bonchev–Trinajstić information content (AvgIpc) is 3.39. The molecule has 2 heterocycles. The molecule has 10 heteroatoms. The van der Waals surface area contributed by atoms with Crippen LogP contribution < -0.4 is 5.32 Å². The molecule has 1 amide bonds. The van der Waals surface area contributed by atoms with Gasteiger partial charge in [0.2, 0.25) is 0 Å². The largest absolute Gasteiger partial charge is 0.417 e. The van der Waals surface area contributed by atoms with Crippen molar-refractivity contribution >= 4 is 11.7 Å². The van der Waals surface area contributed by atoms with Crippen LogP contribution in [0.2, 0.25) is 0 Å². The second-order valence-corrected chi connectivity index (χ2v) is 7.19. The minimum Gasteiger partial charge on any atom is -0.306 e. The van der Waals surface area contributed by atoms with Crippen molar-refractivity contribution in [2.45, 2.75) is 12.6 Å². The summed E-state index contributed by atoms with van der Waals surface area (Å²) in [4.78, 5) is 13.0. The van der Waals surface area contributed by atoms with Crippen molar-refractivity contribution in [3.05, 3.63) is 83.7 Å². The van der Waals surface area contributed by atoms with E-state index in [9.17, 15) is 18.0 Å². The molecule has 2 aromatic carbocycles. The number of amides is 1. The molecule has 0 unspecified atom stereocenters. The molecule has 2 aromatic heterocycles. The van der Waals surface area contributed by atoms with E-state index in [1.807, 2.05) is 12.1 Å². The first-order chi connectivity index (χ1) is 15.8. The number of nitrogens with one attached hydrogen (secondary N) is 1. The van der Waals surface area contributed by atoms with E-state index in [1.165, 1.54) is 27.7 Å². The monoisotopic (exact) mass is 450 g/mol. The van der Waals surface area contributed by atoms with Crippen molar-refractivity contribution in [3.63, 3.8) is 0 Å². The van der Waals surface area contributed by atoms with Crippen molar-refractivity contribution in [2.75, 3.05) is 5.32 Å². The quantitative estimate of drug-likeness (QED) is 0.481. The topological polar surface area (TPSA) is 88.5 Å². The molecule has 0 spiro atoms. The maximum Gasteiger partial charge on any atom is 0.417 e. The first-order valence-corrected chi connectivity index (χ1v) is 9.80. The Hall–Kier alpha value is -4.39. The summed E-state index contributed by atoms with van der Waals surface area (Å²) >= 11 is 0. The van der Waals surface area contributed by atoms with Crippen molar-refractivity contribution in [3.8, 4) is 23.0 Å². The zero-order valence-electron chi connectivity index (χ0n) is 17.3. The summed E-state index contributed by atoms with van der Waals surface area (Å²) < 4.78 is 43.5. The Morgan fingerprint density at radius 3 is 2.48 bits per heavy atom. The summed E-state index contributed by atoms with van der Waals surface area (Å²) in [7, 11) is 1.59. The van der Waals surface area contributed by atoms with E-state index >= 15 is 0 Å². The van der Waals surface area contributed by atoms with Gasteiger partial charge in [-0.05, 0) is 36.4 Å². The van der Waals surface area contributed by atoms with Crippen LogP contribution in [0.3, 0.4) is 0 Å². The van der Waals surface area contributed by atoms with E-state index < -0.39 is 17.6 Å². The number of aryl methyl sites for hydroxylation is 1. The number of aromatic nitrogens is 4. The predicted molar refractivity (Wildman–Crippen MR) is 114 cm³/mol. The lowest BCUT2D eigenvalue weighted by atomic mass is 10.0. The number of carbonyl (C=O) groups excluding carboxylic acids is 1. The summed E-state index contributed by atoms with van der Waals surface area (Å²) in [6.07, 6.45) is -3.05. The van der Waals surface area contributed by atoms with Crippen LogP contribution in [0, 0.1) is 11.3 Å². The molecule has 0 aliphatic rings. The zero-order valence-corrected chi connectivity index (χ0v) is 17.3. The third-order valence-electron chi connectivity index (χ3n) is 4.84. The number of para-hydroxylation sites is 1. The molecule has 4 rings (SSSR count). The highest BCUT2D eigenvalue weighted by atomic mass is 19.4. The number of anilines is 1. The molecule has 4 aromatic rings. The van der Waals surface area contributed by atoms with Gasteiger partial charge >= 0.3 is 6.18 Å². The van der Waals surface area contributed by atoms with Gasteiger partial charge in [0.1, 0.15) is 5.82 Å². The SMILES string of the molecule is Cn1ccc(-c2cc(C(=O)Nc3cc(CC#N)nn3-c3ccccc3)ccc2C(F)(F)F)n1. The molecule has 166 valence electrons. The Labute approximate surface area is 186 Å². The highest BCUT2D eigenvalue weighted by Gasteiger charge is 2.34. The van der Waals surface area contributed by atoms with Gasteiger partial charge in [-0.2, -0.15) is 28.6 Å². The molecular weight excluding hydrogens is 433 g/mol. The zero-order chi connectivity index (χ0) is 23.6. The minimum atomic E-state index is -4.61. The number of halogens is 3. The van der Waals surface area contributed by atoms with Gasteiger partial charge in [0, 0.05) is 30.4 Å². The number of hydrogen-bond acceptors (Lipinski definition) is 4. The molecule has 0 fully saturated rings. The fourth-order valence-electron chi connectivity index (χ4n) is 3.34. The molecule has 0 saturated heterocycles. The molecule has 1 N–H and O–H groups in total. The lowest BCUT2D eigenvalue weighted by molar-refractivity contribution is -0.137. The Balaban J connectivity index is 1.72. The smallest absolute Gasteiger partial charge is 0.306 e. The van der Waals surface area contributed by atoms with Gasteiger partial charge in [0.25, 0.3) is 5.91 Å². The molecule has 0 bridgehead atoms. The third-order valence-corrected chi connectivity index (χ3v) is 4.84. The van der Waals surface area contributed by atoms with E-state index in [4.69, 9.17) is 5.26 Å². The molecule has 0 aliphatic heterocycles. The summed E-state index contributed by atoms with van der Waals surface area (Å²) in [5.41, 5.74) is 0.133. The molecule has 0 atom stereocenters. The highest BCUT2D eigenvalue weighted by molar-refractivity contribution is 6.04. The summed E-state index contributed by atoms with van der Waals surface area (Å²) in [6, 6.07) is 17.1. The summed E-state index contributed by atoms with van der Waals surface area (Å²) in [6.45, 7) is 0. The summed E-state index contributed by atoms with van der Waals surface area (Å²) in [5, 5.41) is 20.1. The predicted octanol–water partition coefficient (Wildman–Crippen LogP) is 4.61. The minimum absolute atomic E-state index is 0.0197. The Bertz CT molecular complexity index is 1350. The lowest BCUT2D eigenvalue weighted by Crippen LogP contribution is -2.16. The van der Waals surface area contributed by atoms with E-state index in [0.717, 1.165) is 12.1 Å². The van der Waals surface area contributed by atoms with Crippen LogP contribution in [-0.2, 0) is 19.6 Å². The van der Waals surface area contributed by atoms with E-state index in [-0.39, 0.29) is 29.1 Å². The number of nitriles is 1. The summed E-state index contributed by atoms with van der Waals surface area (Å²) in [5.74, 6) is -0.336. The van der Waals surface area contributed by atoms with Crippen molar-refractivity contribution in [1.29, 1.82) is 5.26 Å². The van der Waals surface area contributed by atoms with E-state index in [0.29, 0.717) is 11.4 Å². The number of rotatable bonds is 5. The maximum absolute atomic E-state index is 13.6. The number of carbonyl (C=O) groups is 1. The Kier molecular flexibility index (Phi) is 5.70. The molecule has 33 heavy (non-hydrogen) atoms. The van der Waals surface area contributed by atoms with Gasteiger partial charge in [-0.1, -0.05) is 18.2 Å². The lowest BCUT2D eigenvalue weighted by Gasteiger charge is -2.14. The van der Waals surface area contributed by atoms with Crippen LogP contribution in [-0.4, -0.2) is 25.5 Å². The molecular formula is C23H17F3N6O. The fraction of sp³-hybridized carbons (Fsp3) is 0.130. The first kappa shape index (κ1) is 21.8. The van der Waals surface area contributed by atoms with Crippen LogP contribution in [0.5, 0.6) is 0 Å². The van der Waals surface area contributed by atoms with Gasteiger partial charge in [-0.25, -0.2) is 4.68 Å². The molecule has 0 aliphatic carbocycles. The standard InChI is InChI=1S/C23H17F3N6O/c1-31-12-10-20(30-31)18-13-15(7-8-19(18)23(24,25)26)22(33)28-21-14-16(9-11-27)29-32(21)17-5-3-2-4-6-17/h2-8,10,12-14H,9H2,1H3,(H,28,33). The first-order valence-electron chi connectivity index (χ1n) is 9.80. The van der Waals surface area contributed by atoms with Crippen LogP contribution in [0.15, 0.2) is 66.9 Å². The van der Waals surface area contributed by atoms with Gasteiger partial charge in [0.15, 0.2) is 0 Å². The number of alkyl halides is 3. The Morgan fingerprint density at radius 2 is 1.85 bits per heavy atom. The van der Waals surface area contributed by atoms with Crippen molar-refractivity contribution in [1.82, 2.24) is 19.6 Å². The van der Waals surface area contributed by atoms with Gasteiger partial charge in [0.05, 0.1) is 35.1 Å². The van der Waals surface area contributed by atoms with Gasteiger partial charge < -0.3 is 5.32 Å². The number of nitrogens with zero attached hydrogens (tertiary/aromatic N) is 5. The maximum atomic E-state index is 13.6. The van der Waals surface area contributed by atoms with Crippen LogP contribution in [0.1, 0.15) is 21.6 Å². The molecule has 0 saturated carbocycles. The number of benzene rings is 2. The van der Waals surface area contributed by atoms with Crippen molar-refractivity contribution < 1.29 is 18.0 Å². The van der Waals surface area contributed by atoms with Crippen LogP contribution in [0.25, 0.3) is 16.9 Å². The van der Waals surface area contributed by atoms with Gasteiger partial charge in [-0.3, -0.25) is 9.48 Å². The van der Waals surface area contributed by atoms with Crippen LogP contribution >= 0.6 is 0 Å². The van der Waals surface area contributed by atoms with Gasteiger partial charge in [-0.15, -0.1) is 0 Å². The second kappa shape index (κ2) is 8.63. The van der Waals surface area contributed by atoms with E-state index in [2.05, 4.69) is 15.5 Å². The van der Waals surface area contributed by atoms with E-state index in [1.54, 1.807) is 37.4 Å². The Morgan fingerprint density at radius 1 is 1.09 bits per heavy atom. The molecule has 0 radical (unpaired) electrons. The average molecular weight is 450 g/mol. The number of hydrogen-bond donors (Lipinski definition) is 1. The fourth-order valence-corrected chi connectivity index (χ4v) is 3.34. The third kappa shape index (κ3) is 4.62. The second-order valence-electron chi connectivity index (χ2n) is 7.19. The van der Waals surface area contributed by atoms with Crippen LogP contribution in [0.4, 0.5) is 19.0 Å². The molecule has 7 nitrogen and oxygen atoms in total. The highest BCUT2D eigenvalue weighted by Crippen LogP contribution is 2.37. The van der Waals surface area contributed by atoms with Crippen molar-refractivity contribution in [2.24, 2.45) is 7.05 Å².